The molecule has 1 heterocycles. The molecule has 2 amide bonds. The molecule has 1 aromatic carbocycles. The molecule has 1 aliphatic rings. The van der Waals surface area contributed by atoms with E-state index in [9.17, 15) is 19.5 Å². The van der Waals surface area contributed by atoms with Gasteiger partial charge in [-0.15, -0.1) is 0 Å². The second-order valence-corrected chi connectivity index (χ2v) is 9.28. The van der Waals surface area contributed by atoms with Crippen molar-refractivity contribution in [2.75, 3.05) is 26.9 Å². The third kappa shape index (κ3) is 7.67. The molecule has 0 radical (unpaired) electrons. The molecular formula is C23H35N3O6. The van der Waals surface area contributed by atoms with E-state index in [-0.39, 0.29) is 24.3 Å². The number of benzene rings is 1. The molecule has 4 atom stereocenters. The first kappa shape index (κ1) is 25.9. The average molecular weight is 450 g/mol. The molecule has 1 aliphatic heterocycles. The van der Waals surface area contributed by atoms with Gasteiger partial charge in [0.2, 0.25) is 11.8 Å². The lowest BCUT2D eigenvalue weighted by molar-refractivity contribution is -0.134. The van der Waals surface area contributed by atoms with E-state index in [1.807, 2.05) is 51.1 Å². The van der Waals surface area contributed by atoms with E-state index < -0.39 is 42.1 Å². The zero-order valence-electron chi connectivity index (χ0n) is 19.4. The summed E-state index contributed by atoms with van der Waals surface area (Å²) in [5.41, 5.74) is -0.426. The van der Waals surface area contributed by atoms with Gasteiger partial charge in [-0.05, 0) is 39.7 Å². The van der Waals surface area contributed by atoms with Crippen molar-refractivity contribution in [1.29, 1.82) is 0 Å². The van der Waals surface area contributed by atoms with Crippen LogP contribution in [0.4, 0.5) is 0 Å². The van der Waals surface area contributed by atoms with Gasteiger partial charge < -0.3 is 25.2 Å². The molecule has 0 spiro atoms. The monoisotopic (exact) mass is 449 g/mol. The molecule has 0 aromatic heterocycles. The lowest BCUT2D eigenvalue weighted by Gasteiger charge is -2.29. The Morgan fingerprint density at radius 2 is 1.66 bits per heavy atom. The number of ether oxygens (including phenoxy) is 2. The number of hydrogen-bond donors (Lipinski definition) is 4. The first-order valence-corrected chi connectivity index (χ1v) is 10.7. The van der Waals surface area contributed by atoms with Crippen molar-refractivity contribution in [1.82, 2.24) is 16.0 Å². The number of nitrogens with one attached hydrogen (secondary N) is 3. The van der Waals surface area contributed by atoms with E-state index in [0.717, 1.165) is 5.56 Å². The third-order valence-electron chi connectivity index (χ3n) is 5.09. The molecule has 9 nitrogen and oxygen atoms in total. The number of amides is 2. The maximum Gasteiger partial charge on any atom is 0.245 e. The van der Waals surface area contributed by atoms with Crippen LogP contribution in [-0.4, -0.2) is 78.9 Å². The largest absolute Gasteiger partial charge is 0.394 e. The summed E-state index contributed by atoms with van der Waals surface area (Å²) in [4.78, 5) is 38.6. The average Bonchev–Trinajstić information content (AvgIpc) is 3.48. The summed E-state index contributed by atoms with van der Waals surface area (Å²) < 4.78 is 10.4. The second-order valence-electron chi connectivity index (χ2n) is 9.28. The van der Waals surface area contributed by atoms with E-state index >= 15 is 0 Å². The third-order valence-corrected chi connectivity index (χ3v) is 5.09. The Labute approximate surface area is 189 Å². The van der Waals surface area contributed by atoms with Crippen LogP contribution in [0.25, 0.3) is 0 Å². The number of carbonyl (C=O) groups is 3. The van der Waals surface area contributed by atoms with Gasteiger partial charge in [0.05, 0.1) is 25.9 Å². The van der Waals surface area contributed by atoms with E-state index in [1.165, 1.54) is 7.11 Å². The minimum Gasteiger partial charge on any atom is -0.394 e. The van der Waals surface area contributed by atoms with Crippen LogP contribution >= 0.6 is 0 Å². The van der Waals surface area contributed by atoms with Crippen molar-refractivity contribution in [3.63, 3.8) is 0 Å². The fourth-order valence-corrected chi connectivity index (χ4v) is 3.29. The second kappa shape index (κ2) is 11.0. The van der Waals surface area contributed by atoms with Crippen molar-refractivity contribution < 1.29 is 29.0 Å². The molecule has 0 aliphatic carbocycles. The maximum atomic E-state index is 12.9. The minimum absolute atomic E-state index is 0.0910. The smallest absolute Gasteiger partial charge is 0.245 e. The molecule has 1 aromatic rings. The fraction of sp³-hybridized carbons (Fsp3) is 0.609. The molecule has 2 rings (SSSR count). The fourth-order valence-electron chi connectivity index (χ4n) is 3.29. The Morgan fingerprint density at radius 3 is 2.16 bits per heavy atom. The molecular weight excluding hydrogens is 414 g/mol. The van der Waals surface area contributed by atoms with Gasteiger partial charge in [0, 0.05) is 12.6 Å². The highest BCUT2D eigenvalue weighted by Gasteiger charge is 2.50. The van der Waals surface area contributed by atoms with Crippen LogP contribution in [0.3, 0.4) is 0 Å². The molecule has 9 heteroatoms. The van der Waals surface area contributed by atoms with Gasteiger partial charge in [0.25, 0.3) is 0 Å². The molecule has 0 saturated carbocycles. The summed E-state index contributed by atoms with van der Waals surface area (Å²) in [6.45, 7) is 7.15. The molecule has 32 heavy (non-hydrogen) atoms. The maximum absolute atomic E-state index is 12.9. The number of methoxy groups -OCH3 is 1. The Bertz CT molecular complexity index is 789. The molecule has 0 unspecified atom stereocenters. The first-order valence-electron chi connectivity index (χ1n) is 10.7. The summed E-state index contributed by atoms with van der Waals surface area (Å²) in [7, 11) is 1.47. The quantitative estimate of drug-likeness (QED) is 0.329. The summed E-state index contributed by atoms with van der Waals surface area (Å²) in [6.07, 6.45) is 0.272. The van der Waals surface area contributed by atoms with Crippen LogP contribution in [0, 0.1) is 0 Å². The number of hydrogen-bond acceptors (Lipinski definition) is 7. The SMILES string of the molecule is COC[C@H](NC(C)(C)C)C(=O)N[C@@H](CO)C(=O)N[C@@H](Cc1ccccc1)C(=O)[C@@]1(C)CO1. The number of rotatable bonds is 12. The van der Waals surface area contributed by atoms with Gasteiger partial charge in [0.1, 0.15) is 17.7 Å². The van der Waals surface area contributed by atoms with Crippen LogP contribution in [0.1, 0.15) is 33.3 Å². The van der Waals surface area contributed by atoms with Gasteiger partial charge in [-0.25, -0.2) is 0 Å². The topological polar surface area (TPSA) is 129 Å². The zero-order valence-corrected chi connectivity index (χ0v) is 19.4. The van der Waals surface area contributed by atoms with Crippen molar-refractivity contribution in [3.05, 3.63) is 35.9 Å². The van der Waals surface area contributed by atoms with Gasteiger partial charge in [-0.1, -0.05) is 30.3 Å². The summed E-state index contributed by atoms with van der Waals surface area (Å²) in [5, 5.41) is 18.1. The van der Waals surface area contributed by atoms with Crippen molar-refractivity contribution in [2.24, 2.45) is 0 Å². The first-order chi connectivity index (χ1) is 15.0. The zero-order chi connectivity index (χ0) is 23.9. The Hall–Kier alpha value is -2.33. The van der Waals surface area contributed by atoms with Crippen LogP contribution in [0.15, 0.2) is 30.3 Å². The van der Waals surface area contributed by atoms with Crippen molar-refractivity contribution >= 4 is 17.6 Å². The number of aliphatic hydroxyl groups excluding tert-OH is 1. The highest BCUT2D eigenvalue weighted by molar-refractivity contribution is 5.98. The van der Waals surface area contributed by atoms with Crippen LogP contribution in [0.2, 0.25) is 0 Å². The predicted molar refractivity (Wildman–Crippen MR) is 119 cm³/mol. The Balaban J connectivity index is 2.10. The van der Waals surface area contributed by atoms with Gasteiger partial charge in [-0.2, -0.15) is 0 Å². The predicted octanol–water partition coefficient (Wildman–Crippen LogP) is -0.0479. The van der Waals surface area contributed by atoms with E-state index in [0.29, 0.717) is 6.61 Å². The van der Waals surface area contributed by atoms with Crippen molar-refractivity contribution in [3.8, 4) is 0 Å². The minimum atomic E-state index is -1.22. The van der Waals surface area contributed by atoms with Crippen LogP contribution in [0.5, 0.6) is 0 Å². The van der Waals surface area contributed by atoms with Gasteiger partial charge in [-0.3, -0.25) is 19.7 Å². The van der Waals surface area contributed by atoms with E-state index in [4.69, 9.17) is 9.47 Å². The molecule has 0 bridgehead atoms. The lowest BCUT2D eigenvalue weighted by atomic mass is 9.94. The van der Waals surface area contributed by atoms with E-state index in [2.05, 4.69) is 16.0 Å². The number of epoxide rings is 1. The highest BCUT2D eigenvalue weighted by Crippen LogP contribution is 2.29. The van der Waals surface area contributed by atoms with Crippen LogP contribution < -0.4 is 16.0 Å². The van der Waals surface area contributed by atoms with Crippen LogP contribution in [-0.2, 0) is 30.3 Å². The standard InChI is InChI=1S/C23H35N3O6/c1-22(2,3)26-18(13-31-5)21(30)25-17(12-27)20(29)24-16(19(28)23(4)14-32-23)11-15-9-7-6-8-10-15/h6-10,16-18,26-27H,11-14H2,1-5H3,(H,24,29)(H,25,30)/t16-,17-,18-,23+/m0/s1. The Kier molecular flexibility index (Phi) is 8.91. The lowest BCUT2D eigenvalue weighted by Crippen LogP contribution is -2.60. The highest BCUT2D eigenvalue weighted by atomic mass is 16.6. The number of ketones is 1. The van der Waals surface area contributed by atoms with Gasteiger partial charge >= 0.3 is 0 Å². The number of carbonyl (C=O) groups excluding carboxylic acids is 3. The molecule has 1 fully saturated rings. The number of Topliss-reactive ketones (excluding diaryl/α,β-unsaturated/α-hetero) is 1. The number of aliphatic hydroxyl groups is 1. The molecule has 4 N–H and O–H groups in total. The summed E-state index contributed by atoms with van der Waals surface area (Å²) in [5.74, 6) is -1.38. The van der Waals surface area contributed by atoms with E-state index in [1.54, 1.807) is 6.92 Å². The molecule has 178 valence electrons. The normalized spacial score (nSPS) is 20.7. The van der Waals surface area contributed by atoms with Gasteiger partial charge in [0.15, 0.2) is 5.78 Å². The molecule has 1 saturated heterocycles. The van der Waals surface area contributed by atoms with Crippen molar-refractivity contribution in [2.45, 2.75) is 63.4 Å². The summed E-state index contributed by atoms with van der Waals surface area (Å²) in [6, 6.07) is 6.49. The Morgan fingerprint density at radius 1 is 1.09 bits per heavy atom. The summed E-state index contributed by atoms with van der Waals surface area (Å²) >= 11 is 0.